The van der Waals surface area contributed by atoms with Crippen LogP contribution in [0, 0.1) is 5.41 Å². The maximum Gasteiger partial charge on any atom is 0.315 e. The summed E-state index contributed by atoms with van der Waals surface area (Å²) in [6, 6.07) is 2.73. The van der Waals surface area contributed by atoms with Gasteiger partial charge in [-0.05, 0) is 37.2 Å². The van der Waals surface area contributed by atoms with Gasteiger partial charge < -0.3 is 20.9 Å². The molecular weight excluding hydrogens is 384 g/mol. The van der Waals surface area contributed by atoms with Gasteiger partial charge in [0.05, 0.1) is 28.5 Å². The first-order valence-corrected chi connectivity index (χ1v) is 10.3. The smallest absolute Gasteiger partial charge is 0.315 e. The Labute approximate surface area is 173 Å². The van der Waals surface area contributed by atoms with Gasteiger partial charge in [-0.25, -0.2) is 9.52 Å². The Kier molecular flexibility index (Phi) is 4.39. The molecule has 0 aromatic carbocycles. The Morgan fingerprint density at radius 3 is 2.90 bits per heavy atom. The third-order valence-corrected chi connectivity index (χ3v) is 5.65. The van der Waals surface area contributed by atoms with Gasteiger partial charge in [0.25, 0.3) is 11.8 Å². The number of carbonyl (C=O) groups excluding carboxylic acids is 1. The van der Waals surface area contributed by atoms with Crippen LogP contribution in [0.2, 0.25) is 0 Å². The van der Waals surface area contributed by atoms with Crippen molar-refractivity contribution in [1.82, 2.24) is 24.8 Å². The molecule has 1 aliphatic carbocycles. The summed E-state index contributed by atoms with van der Waals surface area (Å²) in [5.74, 6) is -0.130. The lowest BCUT2D eigenvalue weighted by Crippen LogP contribution is -2.43. The van der Waals surface area contributed by atoms with E-state index in [9.17, 15) is 4.79 Å². The average molecular weight is 410 g/mol. The van der Waals surface area contributed by atoms with Gasteiger partial charge in [-0.3, -0.25) is 4.79 Å². The van der Waals surface area contributed by atoms with Crippen LogP contribution in [-0.4, -0.2) is 49.9 Å². The number of nitrogens with one attached hydrogen (secondary N) is 2. The molecule has 30 heavy (non-hydrogen) atoms. The van der Waals surface area contributed by atoms with Gasteiger partial charge in [-0.2, -0.15) is 5.10 Å². The Hall–Kier alpha value is -3.14. The number of nitrogens with two attached hydrogens (primary N) is 1. The average Bonchev–Trinajstić information content (AvgIpc) is 3.19. The first-order valence-electron chi connectivity index (χ1n) is 10.3. The van der Waals surface area contributed by atoms with E-state index >= 15 is 0 Å². The summed E-state index contributed by atoms with van der Waals surface area (Å²) in [6.45, 7) is 6.25. The standard InChI is InChI=1S/C20H26N8O2/c1-20(2)6-3-7-27(11-20)26-16-14(17(21)29)9-22-28-10-12(8-15(16)28)18-24-25-19(30-18)23-13-4-5-13/h8-10,13,26H,3-7,11H2,1-2H3,(H2,21,29)(H,23,25). The minimum atomic E-state index is -0.528. The van der Waals surface area contributed by atoms with Crippen molar-refractivity contribution in [2.75, 3.05) is 23.8 Å². The zero-order chi connectivity index (χ0) is 20.9. The van der Waals surface area contributed by atoms with E-state index in [2.05, 4.69) is 44.9 Å². The topological polar surface area (TPSA) is 127 Å². The molecule has 158 valence electrons. The first kappa shape index (κ1) is 18.9. The maximum absolute atomic E-state index is 12.1. The second-order valence-corrected chi connectivity index (χ2v) is 8.99. The van der Waals surface area contributed by atoms with Gasteiger partial charge in [-0.15, -0.1) is 5.10 Å². The molecule has 2 aliphatic rings. The Balaban J connectivity index is 1.50. The van der Waals surface area contributed by atoms with E-state index < -0.39 is 5.91 Å². The summed E-state index contributed by atoms with van der Waals surface area (Å²) >= 11 is 0. The molecule has 1 saturated carbocycles. The highest BCUT2D eigenvalue weighted by atomic mass is 16.4. The Morgan fingerprint density at radius 1 is 1.33 bits per heavy atom. The fourth-order valence-electron chi connectivity index (χ4n) is 3.96. The predicted molar refractivity (Wildman–Crippen MR) is 112 cm³/mol. The van der Waals surface area contributed by atoms with Crippen molar-refractivity contribution in [2.24, 2.45) is 11.1 Å². The van der Waals surface area contributed by atoms with Crippen LogP contribution in [0.25, 0.3) is 17.0 Å². The van der Waals surface area contributed by atoms with Crippen molar-refractivity contribution in [3.05, 3.63) is 24.0 Å². The molecule has 5 rings (SSSR count). The summed E-state index contributed by atoms with van der Waals surface area (Å²) < 4.78 is 7.44. The molecule has 3 aromatic rings. The summed E-state index contributed by atoms with van der Waals surface area (Å²) in [6.07, 6.45) is 7.79. The molecule has 0 unspecified atom stereocenters. The summed E-state index contributed by atoms with van der Waals surface area (Å²) in [5, 5.41) is 17.9. The van der Waals surface area contributed by atoms with E-state index in [0.717, 1.165) is 43.4 Å². The molecule has 1 saturated heterocycles. The highest BCUT2D eigenvalue weighted by molar-refractivity contribution is 6.02. The Bertz CT molecular complexity index is 1100. The second-order valence-electron chi connectivity index (χ2n) is 8.99. The van der Waals surface area contributed by atoms with E-state index in [1.165, 1.54) is 12.6 Å². The number of aromatic nitrogens is 4. The SMILES string of the molecule is CC1(C)CCCN(Nc2c(C(N)=O)cnn3cc(-c4nnc(NC5CC5)o4)cc23)C1. The fraction of sp³-hybridized carbons (Fsp3) is 0.500. The van der Waals surface area contributed by atoms with Crippen molar-refractivity contribution >= 4 is 23.1 Å². The minimum absolute atomic E-state index is 0.198. The van der Waals surface area contributed by atoms with E-state index in [1.54, 1.807) is 10.7 Å². The number of hydrogen-bond donors (Lipinski definition) is 3. The van der Waals surface area contributed by atoms with Gasteiger partial charge in [0.1, 0.15) is 0 Å². The number of amides is 1. The molecule has 10 heteroatoms. The number of hydrogen-bond acceptors (Lipinski definition) is 8. The normalized spacial score (nSPS) is 19.1. The van der Waals surface area contributed by atoms with E-state index in [1.807, 2.05) is 6.07 Å². The van der Waals surface area contributed by atoms with Gasteiger partial charge >= 0.3 is 6.01 Å². The lowest BCUT2D eigenvalue weighted by molar-refractivity contribution is 0.0999. The van der Waals surface area contributed by atoms with Crippen LogP contribution in [0.5, 0.6) is 0 Å². The zero-order valence-corrected chi connectivity index (χ0v) is 17.2. The van der Waals surface area contributed by atoms with Crippen molar-refractivity contribution in [1.29, 1.82) is 0 Å². The second kappa shape index (κ2) is 6.98. The number of carbonyl (C=O) groups is 1. The van der Waals surface area contributed by atoms with Crippen LogP contribution in [-0.2, 0) is 0 Å². The summed E-state index contributed by atoms with van der Waals surface area (Å²) in [5.41, 5.74) is 11.7. The van der Waals surface area contributed by atoms with Crippen LogP contribution in [0.1, 0.15) is 49.9 Å². The number of anilines is 2. The molecule has 1 aliphatic heterocycles. The molecule has 4 N–H and O–H groups in total. The monoisotopic (exact) mass is 410 g/mol. The number of primary amides is 1. The molecule has 0 atom stereocenters. The van der Waals surface area contributed by atoms with E-state index in [4.69, 9.17) is 10.2 Å². The largest absolute Gasteiger partial charge is 0.403 e. The van der Waals surface area contributed by atoms with E-state index in [-0.39, 0.29) is 5.41 Å². The first-order chi connectivity index (χ1) is 14.4. The maximum atomic E-state index is 12.1. The molecule has 0 spiro atoms. The summed E-state index contributed by atoms with van der Waals surface area (Å²) in [7, 11) is 0. The fourth-order valence-corrected chi connectivity index (χ4v) is 3.96. The predicted octanol–water partition coefficient (Wildman–Crippen LogP) is 2.51. The van der Waals surface area contributed by atoms with Crippen molar-refractivity contribution < 1.29 is 9.21 Å². The third kappa shape index (κ3) is 3.70. The van der Waals surface area contributed by atoms with Crippen LogP contribution < -0.4 is 16.5 Å². The van der Waals surface area contributed by atoms with Crippen LogP contribution in [0.4, 0.5) is 11.7 Å². The molecule has 0 radical (unpaired) electrons. The third-order valence-electron chi connectivity index (χ3n) is 5.65. The highest BCUT2D eigenvalue weighted by Gasteiger charge is 2.28. The molecule has 4 heterocycles. The quantitative estimate of drug-likeness (QED) is 0.566. The van der Waals surface area contributed by atoms with E-state index in [0.29, 0.717) is 29.2 Å². The number of piperidine rings is 1. The molecule has 0 bridgehead atoms. The Morgan fingerprint density at radius 2 is 2.17 bits per heavy atom. The zero-order valence-electron chi connectivity index (χ0n) is 17.2. The lowest BCUT2D eigenvalue weighted by Gasteiger charge is -2.38. The van der Waals surface area contributed by atoms with Crippen molar-refractivity contribution in [3.63, 3.8) is 0 Å². The van der Waals surface area contributed by atoms with Crippen LogP contribution in [0.3, 0.4) is 0 Å². The van der Waals surface area contributed by atoms with Gasteiger partial charge in [-0.1, -0.05) is 18.9 Å². The minimum Gasteiger partial charge on any atom is -0.403 e. The van der Waals surface area contributed by atoms with Crippen molar-refractivity contribution in [3.8, 4) is 11.5 Å². The molecule has 3 aromatic heterocycles. The molecular formula is C20H26N8O2. The number of nitrogens with zero attached hydrogens (tertiary/aromatic N) is 5. The molecule has 2 fully saturated rings. The van der Waals surface area contributed by atoms with Crippen LogP contribution >= 0.6 is 0 Å². The van der Waals surface area contributed by atoms with Crippen LogP contribution in [0.15, 0.2) is 22.9 Å². The van der Waals surface area contributed by atoms with Gasteiger partial charge in [0.2, 0.25) is 0 Å². The number of hydrazine groups is 1. The number of fused-ring (bicyclic) bond motifs is 1. The van der Waals surface area contributed by atoms with Gasteiger partial charge in [0, 0.05) is 25.3 Å². The number of rotatable bonds is 6. The summed E-state index contributed by atoms with van der Waals surface area (Å²) in [4.78, 5) is 12.1. The highest BCUT2D eigenvalue weighted by Crippen LogP contribution is 2.32. The molecule has 1 amide bonds. The van der Waals surface area contributed by atoms with Crippen molar-refractivity contribution in [2.45, 2.75) is 45.6 Å². The lowest BCUT2D eigenvalue weighted by atomic mass is 9.85. The van der Waals surface area contributed by atoms with Gasteiger partial charge in [0.15, 0.2) is 0 Å². The molecule has 10 nitrogen and oxygen atoms in total.